The van der Waals surface area contributed by atoms with Gasteiger partial charge < -0.3 is 15.4 Å². The molecule has 3 heteroatoms. The molecule has 0 radical (unpaired) electrons. The van der Waals surface area contributed by atoms with E-state index in [4.69, 9.17) is 4.74 Å². The smallest absolute Gasteiger partial charge is 0.0699 e. The third kappa shape index (κ3) is 4.22. The number of nitrogens with one attached hydrogen (secondary N) is 2. The molecule has 0 spiro atoms. The van der Waals surface area contributed by atoms with Gasteiger partial charge >= 0.3 is 0 Å². The molecule has 2 rings (SSSR count). The second-order valence-electron chi connectivity index (χ2n) is 6.65. The Balaban J connectivity index is 1.67. The maximum absolute atomic E-state index is 5.76. The molecule has 18 heavy (non-hydrogen) atoms. The molecule has 2 fully saturated rings. The highest BCUT2D eigenvalue weighted by Crippen LogP contribution is 2.31. The maximum Gasteiger partial charge on any atom is 0.0699 e. The number of rotatable bonds is 5. The van der Waals surface area contributed by atoms with Gasteiger partial charge in [0.2, 0.25) is 0 Å². The number of ether oxygens (including phenoxy) is 1. The van der Waals surface area contributed by atoms with Gasteiger partial charge in [-0.05, 0) is 56.5 Å². The van der Waals surface area contributed by atoms with Crippen LogP contribution in [0.15, 0.2) is 0 Å². The van der Waals surface area contributed by atoms with Gasteiger partial charge in [0.15, 0.2) is 0 Å². The van der Waals surface area contributed by atoms with Gasteiger partial charge in [0.25, 0.3) is 0 Å². The van der Waals surface area contributed by atoms with E-state index in [1.165, 1.54) is 45.2 Å². The van der Waals surface area contributed by atoms with E-state index in [1.54, 1.807) is 0 Å². The van der Waals surface area contributed by atoms with Crippen LogP contribution < -0.4 is 10.6 Å². The van der Waals surface area contributed by atoms with Crippen molar-refractivity contribution in [1.29, 1.82) is 0 Å². The maximum atomic E-state index is 5.76. The lowest BCUT2D eigenvalue weighted by Gasteiger charge is -2.38. The summed E-state index contributed by atoms with van der Waals surface area (Å²) < 4.78 is 5.76. The fourth-order valence-corrected chi connectivity index (χ4v) is 3.19. The van der Waals surface area contributed by atoms with E-state index in [0.29, 0.717) is 11.5 Å². The molecular weight excluding hydrogens is 224 g/mol. The van der Waals surface area contributed by atoms with Crippen LogP contribution in [-0.2, 0) is 4.74 Å². The van der Waals surface area contributed by atoms with Crippen molar-refractivity contribution in [2.45, 2.75) is 52.1 Å². The van der Waals surface area contributed by atoms with Crippen LogP contribution in [0, 0.1) is 11.3 Å². The molecule has 3 nitrogen and oxygen atoms in total. The van der Waals surface area contributed by atoms with Crippen LogP contribution in [0.2, 0.25) is 0 Å². The van der Waals surface area contributed by atoms with Crippen LogP contribution in [0.3, 0.4) is 0 Å². The van der Waals surface area contributed by atoms with Crippen molar-refractivity contribution in [2.75, 3.05) is 32.8 Å². The Kier molecular flexibility index (Phi) is 5.46. The summed E-state index contributed by atoms with van der Waals surface area (Å²) in [5, 5.41) is 7.17. The summed E-state index contributed by atoms with van der Waals surface area (Å²) in [6, 6.07) is 0. The molecule has 2 heterocycles. The van der Waals surface area contributed by atoms with Crippen molar-refractivity contribution in [1.82, 2.24) is 10.6 Å². The first-order valence-electron chi connectivity index (χ1n) is 7.71. The van der Waals surface area contributed by atoms with E-state index >= 15 is 0 Å². The molecule has 2 aliphatic heterocycles. The van der Waals surface area contributed by atoms with Crippen LogP contribution in [0.5, 0.6) is 0 Å². The Morgan fingerprint density at radius 1 is 1.22 bits per heavy atom. The highest BCUT2D eigenvalue weighted by molar-refractivity contribution is 4.85. The standard InChI is InChI=1S/C15H30N2O/c1-15(2,13-6-5-8-16-10-13)12-17-11-14-7-3-4-9-18-14/h13-14,16-17H,3-12H2,1-2H3. The Hall–Kier alpha value is -0.120. The van der Waals surface area contributed by atoms with Crippen molar-refractivity contribution in [3.05, 3.63) is 0 Å². The summed E-state index contributed by atoms with van der Waals surface area (Å²) in [5.41, 5.74) is 0.391. The molecule has 0 bridgehead atoms. The highest BCUT2D eigenvalue weighted by atomic mass is 16.5. The zero-order valence-electron chi connectivity index (χ0n) is 12.1. The lowest BCUT2D eigenvalue weighted by Crippen LogP contribution is -2.45. The number of piperidine rings is 1. The first kappa shape index (κ1) is 14.3. The van der Waals surface area contributed by atoms with E-state index < -0.39 is 0 Å². The van der Waals surface area contributed by atoms with Gasteiger partial charge in [0.1, 0.15) is 0 Å². The molecule has 2 atom stereocenters. The second-order valence-corrected chi connectivity index (χ2v) is 6.65. The summed E-state index contributed by atoms with van der Waals surface area (Å²) in [6.45, 7) is 10.3. The first-order valence-corrected chi connectivity index (χ1v) is 7.71. The van der Waals surface area contributed by atoms with Crippen molar-refractivity contribution >= 4 is 0 Å². The Bertz CT molecular complexity index is 231. The lowest BCUT2D eigenvalue weighted by atomic mass is 9.75. The van der Waals surface area contributed by atoms with Gasteiger partial charge in [-0.1, -0.05) is 13.8 Å². The Labute approximate surface area is 112 Å². The van der Waals surface area contributed by atoms with Crippen LogP contribution in [0.1, 0.15) is 46.0 Å². The molecule has 2 N–H and O–H groups in total. The molecule has 0 aliphatic carbocycles. The minimum atomic E-state index is 0.391. The number of hydrogen-bond donors (Lipinski definition) is 2. The monoisotopic (exact) mass is 254 g/mol. The van der Waals surface area contributed by atoms with Gasteiger partial charge in [-0.15, -0.1) is 0 Å². The van der Waals surface area contributed by atoms with E-state index in [9.17, 15) is 0 Å². The van der Waals surface area contributed by atoms with Crippen LogP contribution in [0.4, 0.5) is 0 Å². The topological polar surface area (TPSA) is 33.3 Å². The summed E-state index contributed by atoms with van der Waals surface area (Å²) in [7, 11) is 0. The van der Waals surface area contributed by atoms with Crippen molar-refractivity contribution in [3.8, 4) is 0 Å². The molecule has 106 valence electrons. The van der Waals surface area contributed by atoms with Gasteiger partial charge in [-0.3, -0.25) is 0 Å². The fraction of sp³-hybridized carbons (Fsp3) is 1.00. The highest BCUT2D eigenvalue weighted by Gasteiger charge is 2.30. The minimum absolute atomic E-state index is 0.391. The third-order valence-electron chi connectivity index (χ3n) is 4.63. The molecule has 2 saturated heterocycles. The fourth-order valence-electron chi connectivity index (χ4n) is 3.19. The van der Waals surface area contributed by atoms with Crippen LogP contribution in [0.25, 0.3) is 0 Å². The van der Waals surface area contributed by atoms with E-state index in [0.717, 1.165) is 25.6 Å². The minimum Gasteiger partial charge on any atom is -0.377 e. The lowest BCUT2D eigenvalue weighted by molar-refractivity contribution is 0.0146. The molecule has 0 saturated carbocycles. The summed E-state index contributed by atoms with van der Waals surface area (Å²) >= 11 is 0. The van der Waals surface area contributed by atoms with Crippen molar-refractivity contribution < 1.29 is 4.74 Å². The summed E-state index contributed by atoms with van der Waals surface area (Å²) in [6.07, 6.45) is 6.98. The zero-order valence-corrected chi connectivity index (χ0v) is 12.1. The molecule has 2 unspecified atom stereocenters. The molecular formula is C15H30N2O. The van der Waals surface area contributed by atoms with Crippen LogP contribution >= 0.6 is 0 Å². The van der Waals surface area contributed by atoms with Crippen molar-refractivity contribution in [3.63, 3.8) is 0 Å². The number of hydrogen-bond acceptors (Lipinski definition) is 3. The molecule has 2 aliphatic rings. The van der Waals surface area contributed by atoms with Crippen molar-refractivity contribution in [2.24, 2.45) is 11.3 Å². The third-order valence-corrected chi connectivity index (χ3v) is 4.63. The summed E-state index contributed by atoms with van der Waals surface area (Å²) in [4.78, 5) is 0. The Morgan fingerprint density at radius 3 is 2.78 bits per heavy atom. The quantitative estimate of drug-likeness (QED) is 0.789. The molecule has 0 aromatic heterocycles. The average molecular weight is 254 g/mol. The SMILES string of the molecule is CC(C)(CNCC1CCCCO1)C1CCCNC1. The van der Waals surface area contributed by atoms with E-state index in [1.807, 2.05) is 0 Å². The molecule has 0 amide bonds. The molecule has 0 aromatic carbocycles. The molecule has 0 aromatic rings. The van der Waals surface area contributed by atoms with E-state index in [-0.39, 0.29) is 0 Å². The van der Waals surface area contributed by atoms with E-state index in [2.05, 4.69) is 24.5 Å². The Morgan fingerprint density at radius 2 is 2.11 bits per heavy atom. The zero-order chi connectivity index (χ0) is 12.8. The average Bonchev–Trinajstić information content (AvgIpc) is 2.41. The van der Waals surface area contributed by atoms with Gasteiger partial charge in [-0.2, -0.15) is 0 Å². The van der Waals surface area contributed by atoms with Gasteiger partial charge in [0.05, 0.1) is 6.10 Å². The second kappa shape index (κ2) is 6.88. The normalized spacial score (nSPS) is 30.3. The van der Waals surface area contributed by atoms with Gasteiger partial charge in [-0.25, -0.2) is 0 Å². The predicted molar refractivity (Wildman–Crippen MR) is 75.8 cm³/mol. The van der Waals surface area contributed by atoms with Crippen LogP contribution in [-0.4, -0.2) is 38.9 Å². The first-order chi connectivity index (χ1) is 8.68. The largest absolute Gasteiger partial charge is 0.377 e. The summed E-state index contributed by atoms with van der Waals surface area (Å²) in [5.74, 6) is 0.811. The predicted octanol–water partition coefficient (Wildman–Crippen LogP) is 2.17. The van der Waals surface area contributed by atoms with Gasteiger partial charge in [0, 0.05) is 19.7 Å².